The standard InChI is InChI=1S/C10H10N2O2S/c1-2-12-9(13)8(11-10(12)14)5-7-3-4-15-6-7/h3-6H,2H2,1H3,(H,11,14)/b8-5+. The predicted octanol–water partition coefficient (Wildman–Crippen LogP) is 1.66. The number of carbonyl (C=O) groups excluding carboxylic acids is 2. The van der Waals surface area contributed by atoms with E-state index in [1.54, 1.807) is 24.3 Å². The van der Waals surface area contributed by atoms with E-state index in [1.807, 2.05) is 16.8 Å². The van der Waals surface area contributed by atoms with E-state index in [2.05, 4.69) is 5.32 Å². The molecule has 1 aromatic rings. The highest BCUT2D eigenvalue weighted by molar-refractivity contribution is 7.08. The molecule has 0 spiro atoms. The summed E-state index contributed by atoms with van der Waals surface area (Å²) in [4.78, 5) is 24.1. The van der Waals surface area contributed by atoms with Crippen LogP contribution in [0.15, 0.2) is 22.5 Å². The second-order valence-electron chi connectivity index (χ2n) is 3.09. The SMILES string of the molecule is CCN1C(=O)N/C(=C/c2ccsc2)C1=O. The van der Waals surface area contributed by atoms with Crippen LogP contribution >= 0.6 is 11.3 Å². The number of imide groups is 1. The number of nitrogens with one attached hydrogen (secondary N) is 1. The first-order valence-electron chi connectivity index (χ1n) is 4.59. The van der Waals surface area contributed by atoms with Gasteiger partial charge in [-0.2, -0.15) is 11.3 Å². The van der Waals surface area contributed by atoms with Gasteiger partial charge in [-0.05, 0) is 35.4 Å². The average Bonchev–Trinajstić information content (AvgIpc) is 2.78. The number of rotatable bonds is 2. The Bertz CT molecular complexity index is 423. The molecule has 0 aliphatic carbocycles. The topological polar surface area (TPSA) is 49.4 Å². The summed E-state index contributed by atoms with van der Waals surface area (Å²) in [6, 6.07) is 1.55. The zero-order valence-electron chi connectivity index (χ0n) is 8.19. The highest BCUT2D eigenvalue weighted by atomic mass is 32.1. The van der Waals surface area contributed by atoms with Crippen molar-refractivity contribution in [3.05, 3.63) is 28.1 Å². The maximum Gasteiger partial charge on any atom is 0.328 e. The molecular weight excluding hydrogens is 212 g/mol. The fraction of sp³-hybridized carbons (Fsp3) is 0.200. The highest BCUT2D eigenvalue weighted by Crippen LogP contribution is 2.15. The Balaban J connectivity index is 2.26. The minimum absolute atomic E-state index is 0.256. The first-order chi connectivity index (χ1) is 7.22. The third-order valence-electron chi connectivity index (χ3n) is 2.13. The lowest BCUT2D eigenvalue weighted by Gasteiger charge is -2.05. The van der Waals surface area contributed by atoms with Crippen molar-refractivity contribution in [3.8, 4) is 0 Å². The number of hydrogen-bond donors (Lipinski definition) is 1. The van der Waals surface area contributed by atoms with Gasteiger partial charge >= 0.3 is 6.03 Å². The minimum atomic E-state index is -0.344. The molecule has 1 saturated heterocycles. The molecule has 4 nitrogen and oxygen atoms in total. The predicted molar refractivity (Wildman–Crippen MR) is 58.2 cm³/mol. The Labute approximate surface area is 91.2 Å². The van der Waals surface area contributed by atoms with E-state index >= 15 is 0 Å². The third-order valence-corrected chi connectivity index (χ3v) is 2.83. The lowest BCUT2D eigenvalue weighted by molar-refractivity contribution is -0.122. The molecule has 5 heteroatoms. The van der Waals surface area contributed by atoms with Gasteiger partial charge in [-0.15, -0.1) is 0 Å². The maximum atomic E-state index is 11.7. The van der Waals surface area contributed by atoms with Gasteiger partial charge in [0.25, 0.3) is 5.91 Å². The van der Waals surface area contributed by atoms with E-state index in [0.717, 1.165) is 5.56 Å². The van der Waals surface area contributed by atoms with Crippen LogP contribution in [-0.2, 0) is 4.79 Å². The summed E-state index contributed by atoms with van der Waals surface area (Å²) in [6.45, 7) is 2.16. The molecule has 0 radical (unpaired) electrons. The van der Waals surface area contributed by atoms with Gasteiger partial charge in [0.05, 0.1) is 0 Å². The Kier molecular flexibility index (Phi) is 2.55. The van der Waals surface area contributed by atoms with Crippen LogP contribution in [0.1, 0.15) is 12.5 Å². The highest BCUT2D eigenvalue weighted by Gasteiger charge is 2.31. The van der Waals surface area contributed by atoms with Gasteiger partial charge in [-0.25, -0.2) is 4.79 Å². The van der Waals surface area contributed by atoms with E-state index < -0.39 is 0 Å². The lowest BCUT2D eigenvalue weighted by Crippen LogP contribution is -2.30. The molecule has 0 bridgehead atoms. The zero-order valence-corrected chi connectivity index (χ0v) is 9.00. The second-order valence-corrected chi connectivity index (χ2v) is 3.87. The normalized spacial score (nSPS) is 18.7. The number of urea groups is 1. The van der Waals surface area contributed by atoms with Gasteiger partial charge in [-0.1, -0.05) is 0 Å². The molecule has 1 fully saturated rings. The second kappa shape index (κ2) is 3.86. The number of thiophene rings is 1. The zero-order chi connectivity index (χ0) is 10.8. The third kappa shape index (κ3) is 1.78. The van der Waals surface area contributed by atoms with Crippen molar-refractivity contribution in [1.29, 1.82) is 0 Å². The fourth-order valence-corrected chi connectivity index (χ4v) is 2.00. The van der Waals surface area contributed by atoms with Crippen molar-refractivity contribution in [2.24, 2.45) is 0 Å². The molecule has 1 N–H and O–H groups in total. The van der Waals surface area contributed by atoms with Crippen LogP contribution in [0, 0.1) is 0 Å². The Morgan fingerprint density at radius 1 is 1.53 bits per heavy atom. The Morgan fingerprint density at radius 2 is 2.33 bits per heavy atom. The molecule has 0 atom stereocenters. The molecule has 1 aliphatic rings. The van der Waals surface area contributed by atoms with Crippen molar-refractivity contribution in [2.75, 3.05) is 6.54 Å². The first kappa shape index (κ1) is 9.92. The molecule has 1 aliphatic heterocycles. The molecule has 3 amide bonds. The van der Waals surface area contributed by atoms with Gasteiger partial charge in [0.15, 0.2) is 0 Å². The van der Waals surface area contributed by atoms with E-state index in [1.165, 1.54) is 4.90 Å². The summed E-state index contributed by atoms with van der Waals surface area (Å²) in [6.07, 6.45) is 1.69. The van der Waals surface area contributed by atoms with Crippen molar-refractivity contribution in [1.82, 2.24) is 10.2 Å². The smallest absolute Gasteiger partial charge is 0.303 e. The molecule has 1 aromatic heterocycles. The largest absolute Gasteiger partial charge is 0.328 e. The summed E-state index contributed by atoms with van der Waals surface area (Å²) in [5.41, 5.74) is 1.28. The Morgan fingerprint density at radius 3 is 2.87 bits per heavy atom. The summed E-state index contributed by atoms with van der Waals surface area (Å²) in [5, 5.41) is 6.39. The summed E-state index contributed by atoms with van der Waals surface area (Å²) in [5.74, 6) is -0.256. The van der Waals surface area contributed by atoms with Crippen LogP contribution in [0.25, 0.3) is 6.08 Å². The number of amides is 3. The molecule has 78 valence electrons. The van der Waals surface area contributed by atoms with E-state index in [9.17, 15) is 9.59 Å². The molecule has 0 saturated carbocycles. The van der Waals surface area contributed by atoms with Gasteiger partial charge in [-0.3, -0.25) is 9.69 Å². The molecule has 0 aromatic carbocycles. The molecule has 0 unspecified atom stereocenters. The lowest BCUT2D eigenvalue weighted by atomic mass is 10.2. The van der Waals surface area contributed by atoms with Crippen LogP contribution in [0.2, 0.25) is 0 Å². The van der Waals surface area contributed by atoms with Crippen molar-refractivity contribution in [3.63, 3.8) is 0 Å². The van der Waals surface area contributed by atoms with Gasteiger partial charge in [0.1, 0.15) is 5.70 Å². The van der Waals surface area contributed by atoms with Gasteiger partial charge < -0.3 is 5.32 Å². The minimum Gasteiger partial charge on any atom is -0.303 e. The van der Waals surface area contributed by atoms with Gasteiger partial charge in [0.2, 0.25) is 0 Å². The quantitative estimate of drug-likeness (QED) is 0.611. The maximum absolute atomic E-state index is 11.7. The summed E-state index contributed by atoms with van der Waals surface area (Å²) in [7, 11) is 0. The number of carbonyl (C=O) groups is 2. The van der Waals surface area contributed by atoms with Crippen molar-refractivity contribution < 1.29 is 9.59 Å². The van der Waals surface area contributed by atoms with Crippen LogP contribution in [0.4, 0.5) is 4.79 Å². The van der Waals surface area contributed by atoms with E-state index in [0.29, 0.717) is 12.2 Å². The van der Waals surface area contributed by atoms with Crippen LogP contribution in [0.5, 0.6) is 0 Å². The van der Waals surface area contributed by atoms with E-state index in [-0.39, 0.29) is 11.9 Å². The first-order valence-corrected chi connectivity index (χ1v) is 5.53. The monoisotopic (exact) mass is 222 g/mol. The van der Waals surface area contributed by atoms with Crippen molar-refractivity contribution in [2.45, 2.75) is 6.92 Å². The Hall–Kier alpha value is -1.62. The van der Waals surface area contributed by atoms with Gasteiger partial charge in [0, 0.05) is 6.54 Å². The van der Waals surface area contributed by atoms with Crippen LogP contribution in [0.3, 0.4) is 0 Å². The fourth-order valence-electron chi connectivity index (χ4n) is 1.38. The number of nitrogens with zero attached hydrogens (tertiary/aromatic N) is 1. The molecule has 2 rings (SSSR count). The van der Waals surface area contributed by atoms with Crippen LogP contribution in [-0.4, -0.2) is 23.4 Å². The number of likely N-dealkylation sites (N-methyl/N-ethyl adjacent to an activating group) is 1. The number of hydrogen-bond acceptors (Lipinski definition) is 3. The summed E-state index contributed by atoms with van der Waals surface area (Å²) < 4.78 is 0. The summed E-state index contributed by atoms with van der Waals surface area (Å²) >= 11 is 1.55. The van der Waals surface area contributed by atoms with Crippen LogP contribution < -0.4 is 5.32 Å². The molecule has 15 heavy (non-hydrogen) atoms. The van der Waals surface area contributed by atoms with E-state index in [4.69, 9.17) is 0 Å². The molecular formula is C10H10N2O2S. The molecule has 2 heterocycles. The van der Waals surface area contributed by atoms with Crippen molar-refractivity contribution >= 4 is 29.4 Å². The average molecular weight is 222 g/mol.